The maximum atomic E-state index is 4.75. The van der Waals surface area contributed by atoms with Gasteiger partial charge < -0.3 is 24.8 Å². The third-order valence-electron chi connectivity index (χ3n) is 7.05. The minimum Gasteiger partial charge on any atom is -1.00 e. The summed E-state index contributed by atoms with van der Waals surface area (Å²) in [4.78, 5) is 4.75. The molecule has 2 aliphatic carbocycles. The Kier molecular flexibility index (Phi) is 8.96. The Morgan fingerprint density at radius 1 is 0.839 bits per heavy atom. The minimum atomic E-state index is -1.96. The zero-order valence-corrected chi connectivity index (χ0v) is 24.4. The van der Waals surface area contributed by atoms with E-state index < -0.39 is 20.4 Å². The van der Waals surface area contributed by atoms with Crippen molar-refractivity contribution in [1.82, 2.24) is 4.98 Å². The van der Waals surface area contributed by atoms with Gasteiger partial charge in [-0.1, -0.05) is 0 Å². The summed E-state index contributed by atoms with van der Waals surface area (Å²) in [7, 11) is 0. The second-order valence-corrected chi connectivity index (χ2v) is 26.1. The average Bonchev–Trinajstić information content (AvgIpc) is 3.10. The Morgan fingerprint density at radius 3 is 2.03 bits per heavy atom. The van der Waals surface area contributed by atoms with Crippen molar-refractivity contribution in [3.8, 4) is 0 Å². The third-order valence-corrected chi connectivity index (χ3v) is 26.0. The van der Waals surface area contributed by atoms with Crippen LogP contribution in [-0.2, 0) is 20.4 Å². The van der Waals surface area contributed by atoms with Crippen LogP contribution in [0.2, 0.25) is 13.1 Å². The maximum Gasteiger partial charge on any atom is -1.00 e. The largest absolute Gasteiger partial charge is 1.00 e. The average molecular weight is 548 g/mol. The van der Waals surface area contributed by atoms with Crippen LogP contribution in [0.4, 0.5) is 0 Å². The predicted octanol–water partition coefficient (Wildman–Crippen LogP) is 1.10. The number of fused-ring (bicyclic) bond motifs is 1. The first kappa shape index (κ1) is 26.5. The van der Waals surface area contributed by atoms with Crippen LogP contribution < -0.4 is 24.8 Å². The molecule has 1 heterocycles. The molecular formula is C26H31Cl2NSiZr. The van der Waals surface area contributed by atoms with Crippen molar-refractivity contribution >= 4 is 11.0 Å². The first-order chi connectivity index (χ1) is 13.8. The van der Waals surface area contributed by atoms with Crippen molar-refractivity contribution < 1.29 is 45.2 Å². The summed E-state index contributed by atoms with van der Waals surface area (Å²) >= 11 is -1.96. The van der Waals surface area contributed by atoms with Crippen molar-refractivity contribution in [3.05, 3.63) is 91.1 Å². The van der Waals surface area contributed by atoms with Gasteiger partial charge in [-0.15, -0.1) is 0 Å². The van der Waals surface area contributed by atoms with Crippen LogP contribution in [0.5, 0.6) is 0 Å². The smallest absolute Gasteiger partial charge is 1.00 e. The van der Waals surface area contributed by atoms with Gasteiger partial charge in [-0.05, 0) is 0 Å². The van der Waals surface area contributed by atoms with Crippen LogP contribution in [0.1, 0.15) is 55.1 Å². The molecular weight excluding hydrogens is 517 g/mol. The van der Waals surface area contributed by atoms with Crippen LogP contribution in [0.25, 0.3) is 5.57 Å². The molecule has 1 nitrogen and oxygen atoms in total. The van der Waals surface area contributed by atoms with Gasteiger partial charge in [-0.3, -0.25) is 0 Å². The molecule has 2 atom stereocenters. The number of benzene rings is 1. The number of nitrogens with zero attached hydrogens (tertiary/aromatic N) is 1. The monoisotopic (exact) mass is 545 g/mol. The molecule has 2 aliphatic rings. The first-order valence-corrected chi connectivity index (χ1v) is 19.5. The van der Waals surface area contributed by atoms with E-state index in [1.165, 1.54) is 11.1 Å². The zero-order chi connectivity index (χ0) is 20.9. The van der Waals surface area contributed by atoms with Gasteiger partial charge in [0.15, 0.2) is 0 Å². The van der Waals surface area contributed by atoms with E-state index in [0.717, 1.165) is 5.69 Å². The van der Waals surface area contributed by atoms with Crippen molar-refractivity contribution in [2.75, 3.05) is 0 Å². The summed E-state index contributed by atoms with van der Waals surface area (Å²) in [6.07, 6.45) is 1.93. The molecule has 0 saturated carbocycles. The normalized spacial score (nSPS) is 19.5. The Hall–Kier alpha value is -0.730. The predicted molar refractivity (Wildman–Crippen MR) is 123 cm³/mol. The first-order valence-electron chi connectivity index (χ1n) is 10.6. The molecule has 2 aromatic rings. The molecule has 162 valence electrons. The Bertz CT molecular complexity index is 1130. The molecule has 0 spiro atoms. The molecule has 5 heteroatoms. The van der Waals surface area contributed by atoms with E-state index >= 15 is 0 Å². The minimum absolute atomic E-state index is 0. The van der Waals surface area contributed by atoms with Gasteiger partial charge in [0, 0.05) is 0 Å². The fraction of sp³-hybridized carbons (Fsp3) is 0.346. The standard InChI is InChI=1S/C15H12N.C9H13.C2H6Si.2ClH.Zr/c1-11-10-12-6-2-3-7-13(12)15(11)14-8-4-5-9-16-14;1-6-5-7(2)9(4)8(6)3;1-3-2;;;/h2-10H,1H3;6H,1-4H3;1-2H3;2*1H;/q;;;;;+2/p-2. The van der Waals surface area contributed by atoms with E-state index in [4.69, 9.17) is 4.98 Å². The van der Waals surface area contributed by atoms with Crippen molar-refractivity contribution in [1.29, 1.82) is 0 Å². The summed E-state index contributed by atoms with van der Waals surface area (Å²) in [6.45, 7) is 17.2. The summed E-state index contributed by atoms with van der Waals surface area (Å²) in [5.41, 5.74) is 11.6. The summed E-state index contributed by atoms with van der Waals surface area (Å²) in [6, 6.07) is 15.5. The van der Waals surface area contributed by atoms with Gasteiger partial charge in [0.05, 0.1) is 0 Å². The van der Waals surface area contributed by atoms with Gasteiger partial charge in [-0.2, -0.15) is 0 Å². The van der Waals surface area contributed by atoms with E-state index in [1.807, 2.05) is 15.5 Å². The quantitative estimate of drug-likeness (QED) is 0.525. The van der Waals surface area contributed by atoms with E-state index in [9.17, 15) is 0 Å². The molecule has 0 bridgehead atoms. The second kappa shape index (κ2) is 10.5. The van der Waals surface area contributed by atoms with Gasteiger partial charge in [-0.25, -0.2) is 0 Å². The molecule has 0 amide bonds. The van der Waals surface area contributed by atoms with Gasteiger partial charge >= 0.3 is 185 Å². The molecule has 1 aromatic carbocycles. The molecule has 31 heavy (non-hydrogen) atoms. The number of hydrogen-bond acceptors (Lipinski definition) is 1. The molecule has 0 N–H and O–H groups in total. The summed E-state index contributed by atoms with van der Waals surface area (Å²) in [5, 5.41) is 0. The molecule has 4 rings (SSSR count). The molecule has 0 radical (unpaired) electrons. The topological polar surface area (TPSA) is 12.9 Å². The third kappa shape index (κ3) is 4.41. The van der Waals surface area contributed by atoms with Crippen LogP contribution in [0.3, 0.4) is 0 Å². The van der Waals surface area contributed by atoms with Gasteiger partial charge in [0.1, 0.15) is 0 Å². The van der Waals surface area contributed by atoms with E-state index in [0.29, 0.717) is 9.54 Å². The fourth-order valence-electron chi connectivity index (χ4n) is 5.30. The van der Waals surface area contributed by atoms with Crippen LogP contribution in [0.15, 0.2) is 74.2 Å². The van der Waals surface area contributed by atoms with Crippen molar-refractivity contribution in [3.63, 3.8) is 0 Å². The Labute approximate surface area is 208 Å². The molecule has 0 fully saturated rings. The number of allylic oxidation sites excluding steroid dienone is 5. The van der Waals surface area contributed by atoms with Crippen LogP contribution in [-0.4, -0.2) is 10.4 Å². The van der Waals surface area contributed by atoms with Gasteiger partial charge in [0.25, 0.3) is 0 Å². The van der Waals surface area contributed by atoms with Crippen molar-refractivity contribution in [2.45, 2.75) is 51.3 Å². The Morgan fingerprint density at radius 2 is 1.48 bits per heavy atom. The fourth-order valence-corrected chi connectivity index (χ4v) is 25.9. The molecule has 1 aromatic heterocycles. The SMILES string of the molecule is CC1=C(C)C(C)[C]([Zr+2]([CH]2C(C)=C(c3ccccn3)c3ccccc32)=[Si](C)C)=C1C.[Cl-].[Cl-]. The number of halogens is 2. The van der Waals surface area contributed by atoms with E-state index in [2.05, 4.69) is 84.1 Å². The molecule has 2 unspecified atom stereocenters. The molecule has 0 aliphatic heterocycles. The summed E-state index contributed by atoms with van der Waals surface area (Å²) in [5.74, 6) is 0.642. The number of rotatable bonds is 3. The summed E-state index contributed by atoms with van der Waals surface area (Å²) < 4.78 is 2.54. The van der Waals surface area contributed by atoms with Crippen LogP contribution in [0, 0.1) is 5.92 Å². The van der Waals surface area contributed by atoms with E-state index in [1.54, 1.807) is 27.9 Å². The van der Waals surface area contributed by atoms with E-state index in [-0.39, 0.29) is 30.2 Å². The van der Waals surface area contributed by atoms with Crippen molar-refractivity contribution in [2.24, 2.45) is 5.92 Å². The zero-order valence-electron chi connectivity index (χ0n) is 19.5. The maximum absolute atomic E-state index is 4.75. The number of hydrogen-bond donors (Lipinski definition) is 0. The second-order valence-electron chi connectivity index (χ2n) is 8.78. The number of aromatic nitrogens is 1. The Balaban J connectivity index is 0.00000171. The van der Waals surface area contributed by atoms with Crippen LogP contribution >= 0.6 is 0 Å². The number of pyridine rings is 1. The molecule has 0 saturated heterocycles. The van der Waals surface area contributed by atoms with Gasteiger partial charge in [0.2, 0.25) is 0 Å².